The molecule has 0 bridgehead atoms. The lowest BCUT2D eigenvalue weighted by Gasteiger charge is -2.23. The van der Waals surface area contributed by atoms with Crippen LogP contribution in [0.5, 0.6) is 0 Å². The van der Waals surface area contributed by atoms with Crippen LogP contribution in [0.4, 0.5) is 0 Å². The van der Waals surface area contributed by atoms with Gasteiger partial charge in [-0.05, 0) is 25.2 Å². The highest BCUT2D eigenvalue weighted by atomic mass is 16.7. The smallest absolute Gasteiger partial charge is 0.157 e. The molecule has 2 atom stereocenters. The van der Waals surface area contributed by atoms with Gasteiger partial charge in [0, 0.05) is 6.61 Å². The summed E-state index contributed by atoms with van der Waals surface area (Å²) in [7, 11) is 0. The first-order valence-corrected chi connectivity index (χ1v) is 4.56. The van der Waals surface area contributed by atoms with Gasteiger partial charge in [-0.3, -0.25) is 0 Å². The van der Waals surface area contributed by atoms with Gasteiger partial charge in [-0.15, -0.1) is 0 Å². The van der Waals surface area contributed by atoms with Gasteiger partial charge in [-0.1, -0.05) is 13.8 Å². The molecule has 0 spiro atoms. The largest absolute Gasteiger partial charge is 0.353 e. The van der Waals surface area contributed by atoms with E-state index in [1.54, 1.807) is 0 Å². The first kappa shape index (κ1) is 9.01. The highest BCUT2D eigenvalue weighted by molar-refractivity contribution is 4.55. The van der Waals surface area contributed by atoms with Crippen LogP contribution in [-0.2, 0) is 9.47 Å². The minimum atomic E-state index is 0.0535. The summed E-state index contributed by atoms with van der Waals surface area (Å²) >= 11 is 0. The monoisotopic (exact) mass is 158 g/mol. The van der Waals surface area contributed by atoms with Gasteiger partial charge in [0.05, 0.1) is 6.61 Å². The third-order valence-electron chi connectivity index (χ3n) is 2.04. The van der Waals surface area contributed by atoms with E-state index in [1.807, 2.05) is 0 Å². The maximum atomic E-state index is 5.52. The zero-order valence-corrected chi connectivity index (χ0v) is 7.51. The maximum absolute atomic E-state index is 5.52. The highest BCUT2D eigenvalue weighted by Crippen LogP contribution is 2.13. The normalized spacial score (nSPS) is 34.4. The zero-order valence-electron chi connectivity index (χ0n) is 7.51. The van der Waals surface area contributed by atoms with Crippen LogP contribution in [0.2, 0.25) is 0 Å². The molecule has 0 aromatic heterocycles. The van der Waals surface area contributed by atoms with E-state index in [9.17, 15) is 0 Å². The van der Waals surface area contributed by atoms with Crippen molar-refractivity contribution in [1.82, 2.24) is 0 Å². The lowest BCUT2D eigenvalue weighted by atomic mass is 10.1. The number of ether oxygens (including phenoxy) is 2. The van der Waals surface area contributed by atoms with E-state index in [-0.39, 0.29) is 6.29 Å². The Morgan fingerprint density at radius 3 is 2.91 bits per heavy atom. The molecular weight excluding hydrogens is 140 g/mol. The summed E-state index contributed by atoms with van der Waals surface area (Å²) in [6.45, 7) is 6.05. The predicted octanol–water partition coefficient (Wildman–Crippen LogP) is 2.19. The van der Waals surface area contributed by atoms with Crippen LogP contribution >= 0.6 is 0 Å². The number of hydrogen-bond donors (Lipinski definition) is 0. The molecule has 0 amide bonds. The molecule has 1 aliphatic heterocycles. The van der Waals surface area contributed by atoms with E-state index >= 15 is 0 Å². The maximum Gasteiger partial charge on any atom is 0.157 e. The average molecular weight is 158 g/mol. The van der Waals surface area contributed by atoms with Gasteiger partial charge in [0.15, 0.2) is 6.29 Å². The van der Waals surface area contributed by atoms with Crippen molar-refractivity contribution in [2.45, 2.75) is 39.4 Å². The summed E-state index contributed by atoms with van der Waals surface area (Å²) in [5.41, 5.74) is 0. The van der Waals surface area contributed by atoms with Gasteiger partial charge in [0.25, 0.3) is 0 Å². The molecule has 11 heavy (non-hydrogen) atoms. The van der Waals surface area contributed by atoms with Gasteiger partial charge in [0.1, 0.15) is 0 Å². The molecule has 1 saturated heterocycles. The molecule has 0 aromatic rings. The van der Waals surface area contributed by atoms with E-state index in [1.165, 1.54) is 12.8 Å². The van der Waals surface area contributed by atoms with Crippen molar-refractivity contribution >= 4 is 0 Å². The van der Waals surface area contributed by atoms with Crippen molar-refractivity contribution in [2.24, 2.45) is 5.92 Å². The van der Waals surface area contributed by atoms with E-state index in [2.05, 4.69) is 13.8 Å². The molecule has 1 fully saturated rings. The molecule has 66 valence electrons. The molecule has 1 aliphatic rings. The molecule has 0 aliphatic carbocycles. The zero-order chi connectivity index (χ0) is 8.10. The van der Waals surface area contributed by atoms with Crippen LogP contribution in [0, 0.1) is 5.92 Å². The molecule has 0 saturated carbocycles. The van der Waals surface area contributed by atoms with Gasteiger partial charge in [-0.2, -0.15) is 0 Å². The van der Waals surface area contributed by atoms with Gasteiger partial charge in [-0.25, -0.2) is 0 Å². The van der Waals surface area contributed by atoms with E-state index in [0.29, 0.717) is 5.92 Å². The van der Waals surface area contributed by atoms with Gasteiger partial charge >= 0.3 is 0 Å². The van der Waals surface area contributed by atoms with Crippen LogP contribution in [0.25, 0.3) is 0 Å². The average Bonchev–Trinajstić information content (AvgIpc) is 1.98. The van der Waals surface area contributed by atoms with Gasteiger partial charge in [0.2, 0.25) is 0 Å². The van der Waals surface area contributed by atoms with Crippen LogP contribution in [-0.4, -0.2) is 19.5 Å². The van der Waals surface area contributed by atoms with E-state index in [0.717, 1.165) is 19.6 Å². The standard InChI is InChI=1S/C9H18O2/c1-3-9-10-6-4-5-8(2)7-11-9/h8-9H,3-7H2,1-2H3/t8-,9+/m1/s1. The fraction of sp³-hybridized carbons (Fsp3) is 1.00. The Morgan fingerprint density at radius 1 is 1.36 bits per heavy atom. The van der Waals surface area contributed by atoms with Crippen molar-refractivity contribution in [3.63, 3.8) is 0 Å². The molecule has 1 heterocycles. The van der Waals surface area contributed by atoms with Crippen LogP contribution in [0.3, 0.4) is 0 Å². The number of rotatable bonds is 1. The van der Waals surface area contributed by atoms with Gasteiger partial charge < -0.3 is 9.47 Å². The minimum absolute atomic E-state index is 0.0535. The van der Waals surface area contributed by atoms with Crippen molar-refractivity contribution in [2.75, 3.05) is 13.2 Å². The molecule has 1 rings (SSSR count). The molecule has 0 radical (unpaired) electrons. The summed E-state index contributed by atoms with van der Waals surface area (Å²) in [5.74, 6) is 0.702. The lowest BCUT2D eigenvalue weighted by molar-refractivity contribution is -0.160. The molecular formula is C9H18O2. The fourth-order valence-corrected chi connectivity index (χ4v) is 1.29. The molecule has 2 nitrogen and oxygen atoms in total. The summed E-state index contributed by atoms with van der Waals surface area (Å²) in [4.78, 5) is 0. The second-order valence-electron chi connectivity index (χ2n) is 3.29. The molecule has 2 heteroatoms. The predicted molar refractivity (Wildman–Crippen MR) is 44.4 cm³/mol. The third-order valence-corrected chi connectivity index (χ3v) is 2.04. The van der Waals surface area contributed by atoms with Crippen molar-refractivity contribution in [3.05, 3.63) is 0 Å². The summed E-state index contributed by atoms with van der Waals surface area (Å²) < 4.78 is 11.0. The first-order chi connectivity index (χ1) is 5.33. The Labute approximate surface area is 68.9 Å². The highest BCUT2D eigenvalue weighted by Gasteiger charge is 2.12. The minimum Gasteiger partial charge on any atom is -0.353 e. The van der Waals surface area contributed by atoms with Crippen molar-refractivity contribution in [1.29, 1.82) is 0 Å². The second-order valence-corrected chi connectivity index (χ2v) is 3.29. The van der Waals surface area contributed by atoms with Crippen LogP contribution < -0.4 is 0 Å². The Bertz CT molecular complexity index is 104. The number of hydrogen-bond acceptors (Lipinski definition) is 2. The summed E-state index contributed by atoms with van der Waals surface area (Å²) in [6, 6.07) is 0. The fourth-order valence-electron chi connectivity index (χ4n) is 1.29. The summed E-state index contributed by atoms with van der Waals surface area (Å²) in [6.07, 6.45) is 3.43. The Morgan fingerprint density at radius 2 is 2.18 bits per heavy atom. The Hall–Kier alpha value is -0.0800. The van der Waals surface area contributed by atoms with E-state index in [4.69, 9.17) is 9.47 Å². The topological polar surface area (TPSA) is 18.5 Å². The Kier molecular flexibility index (Phi) is 3.87. The van der Waals surface area contributed by atoms with Crippen LogP contribution in [0.1, 0.15) is 33.1 Å². The lowest BCUT2D eigenvalue weighted by Crippen LogP contribution is -2.23. The molecule has 0 N–H and O–H groups in total. The van der Waals surface area contributed by atoms with E-state index < -0.39 is 0 Å². The Balaban J connectivity index is 2.25. The summed E-state index contributed by atoms with van der Waals surface area (Å²) in [5, 5.41) is 0. The first-order valence-electron chi connectivity index (χ1n) is 4.56. The van der Waals surface area contributed by atoms with Crippen LogP contribution in [0.15, 0.2) is 0 Å². The quantitative estimate of drug-likeness (QED) is 0.582. The second kappa shape index (κ2) is 4.73. The van der Waals surface area contributed by atoms with Crippen molar-refractivity contribution in [3.8, 4) is 0 Å². The molecule has 0 unspecified atom stereocenters. The SMILES string of the molecule is CC[C@H]1OCCC[C@@H](C)CO1. The third kappa shape index (κ3) is 3.21. The molecule has 0 aromatic carbocycles. The van der Waals surface area contributed by atoms with Crippen molar-refractivity contribution < 1.29 is 9.47 Å².